The van der Waals surface area contributed by atoms with Gasteiger partial charge in [0.05, 0.1) is 0 Å². The highest BCUT2D eigenvalue weighted by Gasteiger charge is 1.95. The van der Waals surface area contributed by atoms with Gasteiger partial charge in [0, 0.05) is 14.2 Å². The van der Waals surface area contributed by atoms with Crippen LogP contribution in [0.25, 0.3) is 0 Å². The molecule has 0 bridgehead atoms. The van der Waals surface area contributed by atoms with Crippen LogP contribution in [0.5, 0.6) is 0 Å². The van der Waals surface area contributed by atoms with Gasteiger partial charge >= 0.3 is 0 Å². The zero-order chi connectivity index (χ0) is 13.2. The largest absolute Gasteiger partial charge is 0.388 e. The molecule has 0 spiro atoms. The smallest absolute Gasteiger partial charge is 0.0351 e. The Balaban J connectivity index is -0.000000153. The summed E-state index contributed by atoms with van der Waals surface area (Å²) < 4.78 is 4.25. The van der Waals surface area contributed by atoms with E-state index < -0.39 is 0 Å². The van der Waals surface area contributed by atoms with Crippen molar-refractivity contribution >= 4 is 0 Å². The molecule has 0 atom stereocenters. The lowest BCUT2D eigenvalue weighted by atomic mass is 10.2. The molecule has 0 aromatic rings. The van der Waals surface area contributed by atoms with Crippen molar-refractivity contribution in [1.82, 2.24) is 5.32 Å². The summed E-state index contributed by atoms with van der Waals surface area (Å²) in [5.41, 5.74) is 0. The third-order valence-corrected chi connectivity index (χ3v) is 1.86. The van der Waals surface area contributed by atoms with E-state index in [9.17, 15) is 0 Å². The molecule has 0 aromatic heterocycles. The summed E-state index contributed by atoms with van der Waals surface area (Å²) in [6.45, 7) is 9.51. The lowest BCUT2D eigenvalue weighted by Crippen LogP contribution is -2.12. The van der Waals surface area contributed by atoms with E-state index in [1.54, 1.807) is 14.2 Å². The first-order chi connectivity index (χ1) is 7.68. The number of hydrogen-bond acceptors (Lipinski definition) is 2. The highest BCUT2D eigenvalue weighted by molar-refractivity contribution is 4.51. The summed E-state index contributed by atoms with van der Waals surface area (Å²) in [5, 5.41) is 3.07. The SMILES string of the molecule is C1CCCC1.CC.CNCC(C)C.COC. The quantitative estimate of drug-likeness (QED) is 0.775. The average molecular weight is 233 g/mol. The minimum absolute atomic E-state index is 0.787. The Kier molecular flexibility index (Phi) is 32.2. The van der Waals surface area contributed by atoms with Crippen LogP contribution in [0.15, 0.2) is 0 Å². The van der Waals surface area contributed by atoms with Crippen molar-refractivity contribution in [3.05, 3.63) is 0 Å². The molecule has 0 unspecified atom stereocenters. The Morgan fingerprint density at radius 1 is 0.938 bits per heavy atom. The number of rotatable bonds is 2. The molecule has 0 amide bonds. The predicted octanol–water partition coefficient (Wildman–Crippen LogP) is 4.10. The van der Waals surface area contributed by atoms with E-state index in [0.717, 1.165) is 12.5 Å². The van der Waals surface area contributed by atoms with Gasteiger partial charge in [-0.05, 0) is 19.5 Å². The van der Waals surface area contributed by atoms with Crippen LogP contribution in [0.3, 0.4) is 0 Å². The topological polar surface area (TPSA) is 21.3 Å². The first-order valence-electron chi connectivity index (χ1n) is 6.73. The number of hydrogen-bond donors (Lipinski definition) is 1. The van der Waals surface area contributed by atoms with Crippen molar-refractivity contribution in [2.45, 2.75) is 59.8 Å². The highest BCUT2D eigenvalue weighted by Crippen LogP contribution is 2.15. The minimum atomic E-state index is 0.787. The molecule has 1 aliphatic rings. The van der Waals surface area contributed by atoms with Crippen molar-refractivity contribution < 1.29 is 4.74 Å². The highest BCUT2D eigenvalue weighted by atomic mass is 16.4. The van der Waals surface area contributed by atoms with Crippen molar-refractivity contribution in [2.24, 2.45) is 5.92 Å². The molecular weight excluding hydrogens is 198 g/mol. The third-order valence-electron chi connectivity index (χ3n) is 1.86. The molecule has 0 aliphatic heterocycles. The lowest BCUT2D eigenvalue weighted by molar-refractivity contribution is 0.277. The van der Waals surface area contributed by atoms with Crippen LogP contribution in [0.2, 0.25) is 0 Å². The Bertz CT molecular complexity index is 73.2. The fourth-order valence-corrected chi connectivity index (χ4v) is 1.29. The van der Waals surface area contributed by atoms with Crippen LogP contribution in [0, 0.1) is 5.92 Å². The molecule has 16 heavy (non-hydrogen) atoms. The summed E-state index contributed by atoms with van der Waals surface area (Å²) >= 11 is 0. The summed E-state index contributed by atoms with van der Waals surface area (Å²) in [5.74, 6) is 0.787. The van der Waals surface area contributed by atoms with Gasteiger partial charge in [-0.2, -0.15) is 0 Å². The summed E-state index contributed by atoms with van der Waals surface area (Å²) in [4.78, 5) is 0. The molecule has 1 fully saturated rings. The zero-order valence-electron chi connectivity index (χ0n) is 12.7. The number of ether oxygens (including phenoxy) is 1. The summed E-state index contributed by atoms with van der Waals surface area (Å²) in [6, 6.07) is 0. The molecular formula is C14H35NO. The van der Waals surface area contributed by atoms with Gasteiger partial charge in [-0.15, -0.1) is 0 Å². The van der Waals surface area contributed by atoms with Crippen molar-refractivity contribution in [3.63, 3.8) is 0 Å². The van der Waals surface area contributed by atoms with Gasteiger partial charge in [0.1, 0.15) is 0 Å². The predicted molar refractivity (Wildman–Crippen MR) is 76.1 cm³/mol. The van der Waals surface area contributed by atoms with E-state index in [0.29, 0.717) is 0 Å². The molecule has 0 heterocycles. The maximum atomic E-state index is 4.25. The van der Waals surface area contributed by atoms with Gasteiger partial charge in [0.2, 0.25) is 0 Å². The van der Waals surface area contributed by atoms with Crippen molar-refractivity contribution in [1.29, 1.82) is 0 Å². The molecule has 102 valence electrons. The van der Waals surface area contributed by atoms with Gasteiger partial charge in [0.25, 0.3) is 0 Å². The first-order valence-corrected chi connectivity index (χ1v) is 6.73. The normalized spacial score (nSPS) is 12.8. The van der Waals surface area contributed by atoms with E-state index in [-0.39, 0.29) is 0 Å². The first kappa shape index (κ1) is 21.2. The lowest BCUT2D eigenvalue weighted by Gasteiger charge is -1.98. The molecule has 1 saturated carbocycles. The molecule has 1 rings (SSSR count). The summed E-state index contributed by atoms with van der Waals surface area (Å²) in [7, 11) is 5.22. The van der Waals surface area contributed by atoms with Gasteiger partial charge in [0.15, 0.2) is 0 Å². The second kappa shape index (κ2) is 24.2. The Labute approximate surface area is 104 Å². The zero-order valence-corrected chi connectivity index (χ0v) is 12.7. The van der Waals surface area contributed by atoms with Crippen molar-refractivity contribution in [2.75, 3.05) is 27.8 Å². The molecule has 1 N–H and O–H groups in total. The molecule has 1 aliphatic carbocycles. The molecule has 0 radical (unpaired) electrons. The second-order valence-corrected chi connectivity index (χ2v) is 4.13. The van der Waals surface area contributed by atoms with Gasteiger partial charge in [-0.3, -0.25) is 0 Å². The Morgan fingerprint density at radius 2 is 1.19 bits per heavy atom. The van der Waals surface area contributed by atoms with Crippen LogP contribution in [-0.2, 0) is 4.74 Å². The van der Waals surface area contributed by atoms with Gasteiger partial charge in [-0.25, -0.2) is 0 Å². The minimum Gasteiger partial charge on any atom is -0.388 e. The Morgan fingerprint density at radius 3 is 1.25 bits per heavy atom. The van der Waals surface area contributed by atoms with Gasteiger partial charge in [-0.1, -0.05) is 59.8 Å². The average Bonchev–Trinajstić information content (AvgIpc) is 2.79. The monoisotopic (exact) mass is 233 g/mol. The van der Waals surface area contributed by atoms with Crippen LogP contribution in [-0.4, -0.2) is 27.8 Å². The van der Waals surface area contributed by atoms with Crippen LogP contribution in [0.1, 0.15) is 59.8 Å². The van der Waals surface area contributed by atoms with Gasteiger partial charge < -0.3 is 10.1 Å². The molecule has 0 saturated heterocycles. The van der Waals surface area contributed by atoms with Crippen molar-refractivity contribution in [3.8, 4) is 0 Å². The van der Waals surface area contributed by atoms with E-state index in [4.69, 9.17) is 0 Å². The maximum absolute atomic E-state index is 4.25. The fourth-order valence-electron chi connectivity index (χ4n) is 1.29. The Hall–Kier alpha value is -0.0800. The third kappa shape index (κ3) is 37.0. The van der Waals surface area contributed by atoms with Crippen LogP contribution >= 0.6 is 0 Å². The molecule has 0 aromatic carbocycles. The number of nitrogens with one attached hydrogen (secondary N) is 1. The van der Waals surface area contributed by atoms with Crippen LogP contribution in [0.4, 0.5) is 0 Å². The van der Waals surface area contributed by atoms with E-state index in [1.807, 2.05) is 20.9 Å². The maximum Gasteiger partial charge on any atom is 0.0351 e. The number of methoxy groups -OCH3 is 1. The van der Waals surface area contributed by atoms with Crippen LogP contribution < -0.4 is 5.32 Å². The molecule has 2 nitrogen and oxygen atoms in total. The van der Waals surface area contributed by atoms with E-state index in [2.05, 4.69) is 23.9 Å². The van der Waals surface area contributed by atoms with E-state index >= 15 is 0 Å². The molecule has 2 heteroatoms. The standard InChI is InChI=1S/C5H13N.C5H10.C2H6O.C2H6/c1-5(2)4-6-3;1-2-4-5-3-1;1-3-2;1-2/h5-6H,4H2,1-3H3;1-5H2;1-2H3;1-2H3. The second-order valence-electron chi connectivity index (χ2n) is 4.13. The fraction of sp³-hybridized carbons (Fsp3) is 1.00. The summed E-state index contributed by atoms with van der Waals surface area (Å²) in [6.07, 6.45) is 7.50. The van der Waals surface area contributed by atoms with E-state index in [1.165, 1.54) is 32.1 Å².